The second-order valence-electron chi connectivity index (χ2n) is 22.6. The number of benzene rings is 4. The molecule has 0 bridgehead atoms. The summed E-state index contributed by atoms with van der Waals surface area (Å²) in [4.78, 5) is 0. The molecule has 476 valence electrons. The number of hydrazine groups is 1. The van der Waals surface area contributed by atoms with Crippen LogP contribution in [-0.2, 0) is 5.41 Å². The van der Waals surface area contributed by atoms with E-state index in [1.165, 1.54) is 68.8 Å². The average Bonchev–Trinajstić information content (AvgIpc) is 1.59. The van der Waals surface area contributed by atoms with Crippen molar-refractivity contribution >= 4 is 39.2 Å². The van der Waals surface area contributed by atoms with Crippen LogP contribution in [0.3, 0.4) is 0 Å². The maximum atomic E-state index is 6.31. The van der Waals surface area contributed by atoms with Gasteiger partial charge in [0.05, 0.1) is 17.1 Å². The van der Waals surface area contributed by atoms with E-state index in [4.69, 9.17) is 17.2 Å². The summed E-state index contributed by atoms with van der Waals surface area (Å²) in [5.74, 6) is 2.37. The first-order valence-electron chi connectivity index (χ1n) is 32.1. The summed E-state index contributed by atoms with van der Waals surface area (Å²) in [6, 6.07) is 36.8. The number of nitrogen functional groups attached to an aromatic ring is 2. The lowest BCUT2D eigenvalue weighted by atomic mass is 9.82. The van der Waals surface area contributed by atoms with E-state index in [2.05, 4.69) is 227 Å². The zero-order valence-corrected chi connectivity index (χ0v) is 57.8. The molecule has 0 unspecified atom stereocenters. The fourth-order valence-electron chi connectivity index (χ4n) is 9.49. The third-order valence-corrected chi connectivity index (χ3v) is 14.2. The molecule has 4 aliphatic rings. The Hall–Kier alpha value is -8.74. The van der Waals surface area contributed by atoms with E-state index >= 15 is 0 Å². The van der Waals surface area contributed by atoms with Gasteiger partial charge in [-0.1, -0.05) is 256 Å². The molecule has 4 aromatic rings. The smallest absolute Gasteiger partial charge is 0.0637 e. The predicted molar refractivity (Wildman–Crippen MR) is 405 cm³/mol. The number of nitrogens with zero attached hydrogens (tertiary/aromatic N) is 1. The zero-order valence-electron chi connectivity index (χ0n) is 57.8. The van der Waals surface area contributed by atoms with Gasteiger partial charge in [0.2, 0.25) is 0 Å². The van der Waals surface area contributed by atoms with E-state index < -0.39 is 0 Å². The molecule has 0 atom stereocenters. The Balaban J connectivity index is 0.000000813. The predicted octanol–water partition coefficient (Wildman–Crippen LogP) is 24.3. The molecule has 0 saturated carbocycles. The van der Waals surface area contributed by atoms with Crippen LogP contribution in [0.2, 0.25) is 0 Å². The number of rotatable bonds is 17. The van der Waals surface area contributed by atoms with Gasteiger partial charge in [-0.3, -0.25) is 5.01 Å². The molecule has 0 aliphatic heterocycles. The first-order valence-corrected chi connectivity index (χ1v) is 32.1. The molecule has 0 aromatic heterocycles. The number of nitrogens with one attached hydrogen (secondary N) is 2. The lowest BCUT2D eigenvalue weighted by molar-refractivity contribution is 0.661. The van der Waals surface area contributed by atoms with E-state index in [1.807, 2.05) is 128 Å². The van der Waals surface area contributed by atoms with Gasteiger partial charge in [-0.2, -0.15) is 0 Å². The normalized spacial score (nSPS) is 12.7. The van der Waals surface area contributed by atoms with Crippen LogP contribution in [0.25, 0.3) is 33.0 Å². The van der Waals surface area contributed by atoms with Crippen molar-refractivity contribution in [2.24, 2.45) is 17.6 Å². The quantitative estimate of drug-likeness (QED) is 0.0354. The van der Waals surface area contributed by atoms with Gasteiger partial charge in [0, 0.05) is 39.6 Å². The third kappa shape index (κ3) is 25.9. The van der Waals surface area contributed by atoms with Crippen molar-refractivity contribution in [3.05, 3.63) is 285 Å². The van der Waals surface area contributed by atoms with Gasteiger partial charge in [-0.25, -0.2) is 0 Å². The number of hydrogen-bond donors (Lipinski definition) is 5. The number of fused-ring (bicyclic) bond motifs is 6. The highest BCUT2D eigenvalue weighted by Crippen LogP contribution is 2.54. The number of allylic oxidation sites excluding steroid dienone is 19. The van der Waals surface area contributed by atoms with Gasteiger partial charge < -0.3 is 27.9 Å². The molecule has 0 spiro atoms. The van der Waals surface area contributed by atoms with Crippen molar-refractivity contribution in [2.45, 2.75) is 154 Å². The maximum Gasteiger partial charge on any atom is 0.0637 e. The summed E-state index contributed by atoms with van der Waals surface area (Å²) >= 11 is 0. The second-order valence-corrected chi connectivity index (χ2v) is 22.6. The van der Waals surface area contributed by atoms with Crippen LogP contribution in [0.1, 0.15) is 171 Å². The van der Waals surface area contributed by atoms with E-state index in [0.717, 1.165) is 52.0 Å². The van der Waals surface area contributed by atoms with E-state index in [9.17, 15) is 0 Å². The van der Waals surface area contributed by atoms with Gasteiger partial charge in [0.15, 0.2) is 0 Å². The Morgan fingerprint density at radius 1 is 0.596 bits per heavy atom. The van der Waals surface area contributed by atoms with Crippen LogP contribution < -0.4 is 33.0 Å². The minimum atomic E-state index is -0.175. The Morgan fingerprint density at radius 2 is 1.17 bits per heavy atom. The number of nitrogens with two attached hydrogens (primary N) is 3. The molecule has 4 aromatic carbocycles. The van der Waals surface area contributed by atoms with Gasteiger partial charge in [0.25, 0.3) is 0 Å². The average molecular weight is 1200 g/mol. The zero-order chi connectivity index (χ0) is 66.9. The van der Waals surface area contributed by atoms with E-state index in [0.29, 0.717) is 17.8 Å². The van der Waals surface area contributed by atoms with Crippen LogP contribution in [0.4, 0.5) is 28.4 Å². The lowest BCUT2D eigenvalue weighted by Crippen LogP contribution is -2.32. The third-order valence-electron chi connectivity index (χ3n) is 14.2. The molecule has 0 amide bonds. The number of hydrogen-bond acceptors (Lipinski definition) is 6. The largest absolute Gasteiger partial charge is 0.405 e. The summed E-state index contributed by atoms with van der Waals surface area (Å²) in [6.45, 7) is 51.1. The molecule has 6 heteroatoms. The van der Waals surface area contributed by atoms with Crippen LogP contribution in [0.5, 0.6) is 0 Å². The van der Waals surface area contributed by atoms with Crippen molar-refractivity contribution in [1.82, 2.24) is 5.43 Å². The topological polar surface area (TPSA) is 105 Å². The standard InChI is InChI=1S/C46H50N4.C9H13N.C9H14.C5H9N.2C5H8.2C2H6/c1-9-11-25-48-50(35(14-10-2)16-12-15-30(3)4)36-17-13-18-37-39-29-44-40(38-24-21-33(47)26-43(38)46(44,7)8)28-42(39)45(41(37)27-36)49-34-22-19-32(20-23-34)31(5)6;1-7(2)8-3-5-9(10)6-4-8;1-8(2)9-6-4-3-5-7-9;1-2-3-4-5-6;2*1-3-5-4-2;2*1-2/h9-14,16-31,48-49H,1-2,15,47H2,3-8H3;3-7H,10H2,1-2H3;3-4,6,8H,5,7H2,1-2H3;2-5H,6H2,1H3;2*3-5H,1H2,2H3;2*1-2H3/b16-12-,25-11-,35-14+;;;3-2-,5-4-;2*5-4-;;. The minimum Gasteiger partial charge on any atom is -0.405 e. The summed E-state index contributed by atoms with van der Waals surface area (Å²) in [5.41, 5.74) is 37.6. The highest BCUT2D eigenvalue weighted by molar-refractivity contribution is 6.16. The second kappa shape index (κ2) is 43.8. The van der Waals surface area contributed by atoms with E-state index in [1.54, 1.807) is 29.9 Å². The molecular formula is C83H114N6. The highest BCUT2D eigenvalue weighted by atomic mass is 15.5. The molecule has 0 saturated heterocycles. The van der Waals surface area contributed by atoms with Crippen molar-refractivity contribution in [2.75, 3.05) is 21.8 Å². The Labute approximate surface area is 542 Å². The van der Waals surface area contributed by atoms with Crippen molar-refractivity contribution in [3.63, 3.8) is 0 Å². The Morgan fingerprint density at radius 3 is 1.64 bits per heavy atom. The fraction of sp³-hybridized carbons (Fsp3) is 0.301. The van der Waals surface area contributed by atoms with Crippen molar-refractivity contribution in [1.29, 1.82) is 0 Å². The van der Waals surface area contributed by atoms with Crippen molar-refractivity contribution in [3.8, 4) is 22.3 Å². The van der Waals surface area contributed by atoms with Crippen molar-refractivity contribution < 1.29 is 0 Å². The van der Waals surface area contributed by atoms with Gasteiger partial charge in [-0.15, -0.1) is 0 Å². The summed E-state index contributed by atoms with van der Waals surface area (Å²) in [5, 5.41) is 8.39. The molecule has 0 fully saturated rings. The highest BCUT2D eigenvalue weighted by Gasteiger charge is 2.37. The molecule has 89 heavy (non-hydrogen) atoms. The molecule has 8 N–H and O–H groups in total. The molecule has 0 radical (unpaired) electrons. The summed E-state index contributed by atoms with van der Waals surface area (Å²) < 4.78 is 0. The fourth-order valence-corrected chi connectivity index (χ4v) is 9.49. The summed E-state index contributed by atoms with van der Waals surface area (Å²) in [7, 11) is 0. The van der Waals surface area contributed by atoms with Gasteiger partial charge in [0.1, 0.15) is 0 Å². The summed E-state index contributed by atoms with van der Waals surface area (Å²) in [6.07, 6.45) is 42.2. The maximum absolute atomic E-state index is 6.31. The number of anilines is 5. The van der Waals surface area contributed by atoms with Gasteiger partial charge >= 0.3 is 0 Å². The minimum absolute atomic E-state index is 0.175. The van der Waals surface area contributed by atoms with E-state index in [-0.39, 0.29) is 5.41 Å². The Kier molecular flexibility index (Phi) is 38.5. The van der Waals surface area contributed by atoms with Crippen LogP contribution >= 0.6 is 0 Å². The van der Waals surface area contributed by atoms with Gasteiger partial charge in [-0.05, 0) is 199 Å². The Bertz CT molecular complexity index is 3260. The SMILES string of the molecule is C/C=C\C=C/N.C=C/C=C\C.C=C/C=C\C.C=C/C=C\NN(C(/C=C\CC(C)C)=C/C=C)c1cccc2c3cc4c(cc3c(Nc3ccc(C(C)C)cc3)c-2c1)-c1ccc(N)cc1C4(C)C.CC.CC.CC(C)C1=CC=CCC1.CC(C)c1ccc(N)cc1. The molecule has 8 rings (SSSR count). The van der Waals surface area contributed by atoms with Crippen LogP contribution in [0.15, 0.2) is 262 Å². The van der Waals surface area contributed by atoms with Crippen LogP contribution in [0, 0.1) is 11.8 Å². The molecule has 0 heterocycles. The molecule has 4 aliphatic carbocycles. The first-order chi connectivity index (χ1) is 42.8. The molecule has 6 nitrogen and oxygen atoms in total. The first kappa shape index (κ1) is 78.3. The van der Waals surface area contributed by atoms with Crippen LogP contribution in [-0.4, -0.2) is 0 Å². The molecular weight excluding hydrogens is 1080 g/mol. The monoisotopic (exact) mass is 1190 g/mol. The lowest BCUT2D eigenvalue weighted by Gasteiger charge is -2.25.